The van der Waals surface area contributed by atoms with Crippen molar-refractivity contribution < 1.29 is 9.47 Å². The summed E-state index contributed by atoms with van der Waals surface area (Å²) >= 11 is 0. The van der Waals surface area contributed by atoms with Crippen LogP contribution in [0.2, 0.25) is 0 Å². The maximum atomic E-state index is 6.15. The van der Waals surface area contributed by atoms with Crippen LogP contribution in [0.15, 0.2) is 46.4 Å². The predicted molar refractivity (Wildman–Crippen MR) is 133 cm³/mol. The number of ether oxygens (including phenoxy) is 2. The minimum Gasteiger partial charge on any atom is -0.475 e. The van der Waals surface area contributed by atoms with Gasteiger partial charge in [-0.15, -0.1) is 0 Å². The fourth-order valence-corrected chi connectivity index (χ4v) is 4.29. The molecule has 4 rings (SSSR count). The number of aliphatic imine (C=N–C) groups is 2. The van der Waals surface area contributed by atoms with Crippen molar-refractivity contribution in [1.29, 1.82) is 0 Å². The van der Waals surface area contributed by atoms with Gasteiger partial charge in [-0.05, 0) is 59.1 Å². The van der Waals surface area contributed by atoms with E-state index < -0.39 is 0 Å². The van der Waals surface area contributed by atoms with Crippen molar-refractivity contribution in [3.05, 3.63) is 58.7 Å². The highest BCUT2D eigenvalue weighted by atomic mass is 16.5. The van der Waals surface area contributed by atoms with Gasteiger partial charge < -0.3 is 9.47 Å². The summed E-state index contributed by atoms with van der Waals surface area (Å²) in [5.74, 6) is 1.47. The molecule has 0 bridgehead atoms. The number of benzene rings is 2. The van der Waals surface area contributed by atoms with Crippen LogP contribution in [0.4, 0.5) is 0 Å². The first-order valence-corrected chi connectivity index (χ1v) is 11.6. The van der Waals surface area contributed by atoms with Crippen molar-refractivity contribution in [3.8, 4) is 11.1 Å². The summed E-state index contributed by atoms with van der Waals surface area (Å²) in [4.78, 5) is 9.98. The second kappa shape index (κ2) is 8.06. The summed E-state index contributed by atoms with van der Waals surface area (Å²) in [6, 6.07) is 13.0. The van der Waals surface area contributed by atoms with Gasteiger partial charge in [-0.25, -0.2) is 9.98 Å². The molecule has 0 saturated heterocycles. The van der Waals surface area contributed by atoms with Crippen LogP contribution in [0.5, 0.6) is 0 Å². The Morgan fingerprint density at radius 1 is 0.656 bits per heavy atom. The van der Waals surface area contributed by atoms with E-state index in [-0.39, 0.29) is 22.9 Å². The van der Waals surface area contributed by atoms with Crippen molar-refractivity contribution in [1.82, 2.24) is 0 Å². The van der Waals surface area contributed by atoms with Gasteiger partial charge in [0, 0.05) is 11.1 Å². The lowest BCUT2D eigenvalue weighted by molar-refractivity contribution is 0.235. The predicted octanol–water partition coefficient (Wildman–Crippen LogP) is 6.35. The number of aryl methyl sites for hydroxylation is 2. The topological polar surface area (TPSA) is 43.2 Å². The van der Waals surface area contributed by atoms with E-state index in [1.54, 1.807) is 0 Å². The molecule has 170 valence electrons. The molecule has 4 nitrogen and oxygen atoms in total. The van der Waals surface area contributed by atoms with Crippen LogP contribution in [-0.4, -0.2) is 37.1 Å². The molecule has 4 heteroatoms. The maximum Gasteiger partial charge on any atom is 0.217 e. The summed E-state index contributed by atoms with van der Waals surface area (Å²) < 4.78 is 12.3. The Kier molecular flexibility index (Phi) is 5.68. The highest BCUT2D eigenvalue weighted by molar-refractivity contribution is 6.08. The fraction of sp³-hybridized carbons (Fsp3) is 0.500. The molecule has 0 radical (unpaired) electrons. The van der Waals surface area contributed by atoms with E-state index in [4.69, 9.17) is 19.5 Å². The van der Waals surface area contributed by atoms with Crippen LogP contribution in [0.3, 0.4) is 0 Å². The quantitative estimate of drug-likeness (QED) is 0.567. The summed E-state index contributed by atoms with van der Waals surface area (Å²) in [6.45, 7) is 18.8. The number of hydrogen-bond acceptors (Lipinski definition) is 4. The monoisotopic (exact) mass is 432 g/mol. The van der Waals surface area contributed by atoms with Crippen molar-refractivity contribution in [2.45, 2.75) is 67.5 Å². The zero-order valence-corrected chi connectivity index (χ0v) is 20.7. The van der Waals surface area contributed by atoms with Gasteiger partial charge in [-0.1, -0.05) is 65.8 Å². The highest BCUT2D eigenvalue weighted by Crippen LogP contribution is 2.38. The lowest BCUT2D eigenvalue weighted by Gasteiger charge is -2.22. The minimum absolute atomic E-state index is 0.0634. The zero-order chi connectivity index (χ0) is 23.3. The minimum atomic E-state index is 0.0634. The Morgan fingerprint density at radius 2 is 1.03 bits per heavy atom. The SMILES string of the molecule is Cc1cccc(C2=N[C@@H](C(C)(C)C)CO2)c1-c1c(C)cccc1C1=N[C@@H](C(C)(C)C)CO1. The zero-order valence-electron chi connectivity index (χ0n) is 20.7. The second-order valence-electron chi connectivity index (χ2n) is 11.2. The lowest BCUT2D eigenvalue weighted by Crippen LogP contribution is -2.25. The van der Waals surface area contributed by atoms with Crippen LogP contribution in [0, 0.1) is 24.7 Å². The Morgan fingerprint density at radius 3 is 1.34 bits per heavy atom. The number of rotatable bonds is 3. The third-order valence-electron chi connectivity index (χ3n) is 6.56. The van der Waals surface area contributed by atoms with E-state index in [1.807, 2.05) is 0 Å². The molecule has 0 saturated carbocycles. The van der Waals surface area contributed by atoms with E-state index >= 15 is 0 Å². The Balaban J connectivity index is 1.87. The van der Waals surface area contributed by atoms with Gasteiger partial charge in [0.15, 0.2) is 0 Å². The molecule has 0 fully saturated rings. The molecular weight excluding hydrogens is 396 g/mol. The lowest BCUT2D eigenvalue weighted by atomic mass is 9.87. The van der Waals surface area contributed by atoms with Gasteiger partial charge in [-0.3, -0.25) is 0 Å². The van der Waals surface area contributed by atoms with Crippen LogP contribution < -0.4 is 0 Å². The third-order valence-corrected chi connectivity index (χ3v) is 6.56. The standard InChI is InChI=1S/C28H36N2O2/c1-17-11-9-13-19(25-29-21(15-31-25)27(3,4)5)23(17)24-18(2)12-10-14-20(24)26-30-22(16-32-26)28(6,7)8/h9-14,21-22H,15-16H2,1-8H3/t21-,22-/m1/s1. The largest absolute Gasteiger partial charge is 0.475 e. The molecule has 2 aromatic carbocycles. The second-order valence-corrected chi connectivity index (χ2v) is 11.2. The first-order valence-electron chi connectivity index (χ1n) is 11.6. The van der Waals surface area contributed by atoms with Crippen molar-refractivity contribution >= 4 is 11.8 Å². The molecule has 0 aliphatic carbocycles. The fourth-order valence-electron chi connectivity index (χ4n) is 4.29. The maximum absolute atomic E-state index is 6.15. The van der Waals surface area contributed by atoms with Gasteiger partial charge in [0.2, 0.25) is 11.8 Å². The molecule has 2 aliphatic rings. The molecule has 0 unspecified atom stereocenters. The number of hydrogen-bond donors (Lipinski definition) is 0. The third kappa shape index (κ3) is 4.20. The van der Waals surface area contributed by atoms with Gasteiger partial charge in [0.25, 0.3) is 0 Å². The van der Waals surface area contributed by atoms with E-state index in [0.29, 0.717) is 13.2 Å². The Hall–Kier alpha value is -2.62. The van der Waals surface area contributed by atoms with Crippen LogP contribution in [0.1, 0.15) is 63.8 Å². The molecule has 0 aromatic heterocycles. The van der Waals surface area contributed by atoms with Crippen molar-refractivity contribution in [2.75, 3.05) is 13.2 Å². The average molecular weight is 433 g/mol. The van der Waals surface area contributed by atoms with E-state index in [9.17, 15) is 0 Å². The summed E-state index contributed by atoms with van der Waals surface area (Å²) in [6.07, 6.45) is 0. The first-order chi connectivity index (χ1) is 15.0. The Bertz CT molecular complexity index is 996. The molecular formula is C28H36N2O2. The Labute approximate surface area is 192 Å². The van der Waals surface area contributed by atoms with Gasteiger partial charge in [-0.2, -0.15) is 0 Å². The van der Waals surface area contributed by atoms with E-state index in [2.05, 4.69) is 91.8 Å². The van der Waals surface area contributed by atoms with E-state index in [1.165, 1.54) is 11.1 Å². The summed E-state index contributed by atoms with van der Waals surface area (Å²) in [5.41, 5.74) is 6.89. The molecule has 32 heavy (non-hydrogen) atoms. The van der Waals surface area contributed by atoms with Gasteiger partial charge in [0.1, 0.15) is 13.2 Å². The van der Waals surface area contributed by atoms with Crippen LogP contribution in [-0.2, 0) is 9.47 Å². The highest BCUT2D eigenvalue weighted by Gasteiger charge is 2.34. The smallest absolute Gasteiger partial charge is 0.217 e. The van der Waals surface area contributed by atoms with Gasteiger partial charge in [0.05, 0.1) is 12.1 Å². The molecule has 0 N–H and O–H groups in total. The summed E-state index contributed by atoms with van der Waals surface area (Å²) in [5, 5.41) is 0. The van der Waals surface area contributed by atoms with Gasteiger partial charge >= 0.3 is 0 Å². The molecule has 0 amide bonds. The van der Waals surface area contributed by atoms with E-state index in [0.717, 1.165) is 34.0 Å². The normalized spacial score (nSPS) is 21.1. The van der Waals surface area contributed by atoms with Crippen LogP contribution >= 0.6 is 0 Å². The van der Waals surface area contributed by atoms with Crippen molar-refractivity contribution in [2.24, 2.45) is 20.8 Å². The van der Waals surface area contributed by atoms with Crippen LogP contribution in [0.25, 0.3) is 11.1 Å². The average Bonchev–Trinajstić information content (AvgIpc) is 3.38. The molecule has 2 heterocycles. The molecule has 2 aromatic rings. The van der Waals surface area contributed by atoms with Crippen molar-refractivity contribution in [3.63, 3.8) is 0 Å². The number of nitrogens with zero attached hydrogens (tertiary/aromatic N) is 2. The first kappa shape index (κ1) is 22.6. The molecule has 2 aliphatic heterocycles. The summed E-state index contributed by atoms with van der Waals surface area (Å²) in [7, 11) is 0. The molecule has 2 atom stereocenters. The molecule has 0 spiro atoms.